The van der Waals surface area contributed by atoms with Crippen molar-refractivity contribution in [3.8, 4) is 0 Å². The molecule has 0 aromatic heterocycles. The Morgan fingerprint density at radius 2 is 2.03 bits per heavy atom. The van der Waals surface area contributed by atoms with Gasteiger partial charge in [0.25, 0.3) is 0 Å². The van der Waals surface area contributed by atoms with E-state index >= 15 is 0 Å². The molecule has 0 saturated carbocycles. The fourth-order valence-electron chi connectivity index (χ4n) is 4.67. The zero-order chi connectivity index (χ0) is 24.9. The lowest BCUT2D eigenvalue weighted by atomic mass is 9.89. The van der Waals surface area contributed by atoms with Crippen LogP contribution in [0.2, 0.25) is 0 Å². The molecule has 9 heteroatoms. The minimum Gasteiger partial charge on any atom is -0.466 e. The molecule has 0 unspecified atom stereocenters. The van der Waals surface area contributed by atoms with Gasteiger partial charge in [0.1, 0.15) is 0 Å². The standard InChI is InChI=1S/C26H34N4O4S/c1-5-21-23(25(32)33-4)24(20-14-17(2)6-7-18(20)3)30-19(16-35-26(30)28-21)15-22(31)27-8-9-29-10-12-34-13-11-29/h6-7,14,16,24H,5,8-13,15H2,1-4H3,(H,27,31)/t24-/m1/s1. The Hall–Kier alpha value is -2.62. The first-order chi connectivity index (χ1) is 16.9. The molecule has 1 atom stereocenters. The van der Waals surface area contributed by atoms with Gasteiger partial charge in [0.2, 0.25) is 5.91 Å². The second kappa shape index (κ2) is 11.4. The van der Waals surface area contributed by atoms with Crippen LogP contribution in [0.25, 0.3) is 0 Å². The Balaban J connectivity index is 1.57. The van der Waals surface area contributed by atoms with Crippen LogP contribution in [0.1, 0.15) is 42.5 Å². The van der Waals surface area contributed by atoms with Crippen LogP contribution in [0.3, 0.4) is 0 Å². The molecule has 1 aromatic carbocycles. The highest BCUT2D eigenvalue weighted by Crippen LogP contribution is 2.46. The van der Waals surface area contributed by atoms with Crippen LogP contribution < -0.4 is 5.32 Å². The van der Waals surface area contributed by atoms with E-state index in [-0.39, 0.29) is 18.3 Å². The van der Waals surface area contributed by atoms with Gasteiger partial charge in [-0.25, -0.2) is 9.79 Å². The number of benzene rings is 1. The van der Waals surface area contributed by atoms with Gasteiger partial charge in [-0.1, -0.05) is 42.4 Å². The average molecular weight is 499 g/mol. The average Bonchev–Trinajstić information content (AvgIpc) is 3.26. The first-order valence-corrected chi connectivity index (χ1v) is 13.0. The van der Waals surface area contributed by atoms with E-state index < -0.39 is 6.04 Å². The van der Waals surface area contributed by atoms with Gasteiger partial charge in [0.15, 0.2) is 5.17 Å². The summed E-state index contributed by atoms with van der Waals surface area (Å²) in [7, 11) is 1.40. The molecule has 1 fully saturated rings. The first kappa shape index (κ1) is 25.5. The number of amides is 1. The van der Waals surface area contributed by atoms with Crippen molar-refractivity contribution >= 4 is 28.8 Å². The summed E-state index contributed by atoms with van der Waals surface area (Å²) >= 11 is 1.50. The molecule has 0 spiro atoms. The minimum absolute atomic E-state index is 0.0454. The lowest BCUT2D eigenvalue weighted by Crippen LogP contribution is -2.42. The monoisotopic (exact) mass is 498 g/mol. The number of hydrogen-bond acceptors (Lipinski definition) is 8. The summed E-state index contributed by atoms with van der Waals surface area (Å²) in [6.07, 6.45) is 0.827. The number of carbonyl (C=O) groups excluding carboxylic acids is 2. The Morgan fingerprint density at radius 1 is 1.26 bits per heavy atom. The fraction of sp³-hybridized carbons (Fsp3) is 0.500. The van der Waals surface area contributed by atoms with Crippen LogP contribution in [0.15, 0.2) is 45.6 Å². The van der Waals surface area contributed by atoms with Crippen LogP contribution >= 0.6 is 11.8 Å². The van der Waals surface area contributed by atoms with Crippen molar-refractivity contribution in [3.63, 3.8) is 0 Å². The van der Waals surface area contributed by atoms with Crippen LogP contribution in [-0.4, -0.2) is 73.3 Å². The molecule has 0 aliphatic carbocycles. The van der Waals surface area contributed by atoms with Crippen LogP contribution in [0, 0.1) is 13.8 Å². The molecule has 1 saturated heterocycles. The number of nitrogens with one attached hydrogen (secondary N) is 1. The quantitative estimate of drug-likeness (QED) is 0.551. The number of fused-ring (bicyclic) bond motifs is 1. The number of carbonyl (C=O) groups is 2. The van der Waals surface area contributed by atoms with Gasteiger partial charge in [-0.3, -0.25) is 9.69 Å². The van der Waals surface area contributed by atoms with E-state index in [1.54, 1.807) is 0 Å². The Morgan fingerprint density at radius 3 is 2.74 bits per heavy atom. The second-order valence-corrected chi connectivity index (χ2v) is 9.78. The maximum absolute atomic E-state index is 13.0. The Kier molecular flexibility index (Phi) is 8.30. The molecule has 1 aromatic rings. The van der Waals surface area contributed by atoms with Gasteiger partial charge in [0.05, 0.1) is 44.1 Å². The molecule has 0 radical (unpaired) electrons. The lowest BCUT2D eigenvalue weighted by Gasteiger charge is -2.37. The van der Waals surface area contributed by atoms with E-state index in [1.165, 1.54) is 18.9 Å². The number of rotatable bonds is 8. The SMILES string of the molecule is CCC1=C(C(=O)OC)[C@@H](c2cc(C)ccc2C)N2C(CC(=O)NCCN3CCOCC3)=CSC2=N1. The van der Waals surface area contributed by atoms with Crippen molar-refractivity contribution in [1.29, 1.82) is 0 Å². The fourth-order valence-corrected chi connectivity index (χ4v) is 5.60. The second-order valence-electron chi connectivity index (χ2n) is 8.94. The molecule has 4 rings (SSSR count). The van der Waals surface area contributed by atoms with Gasteiger partial charge in [-0.05, 0) is 36.8 Å². The van der Waals surface area contributed by atoms with Crippen molar-refractivity contribution in [2.45, 2.75) is 39.7 Å². The number of esters is 1. The van der Waals surface area contributed by atoms with Gasteiger partial charge < -0.3 is 19.7 Å². The largest absolute Gasteiger partial charge is 0.466 e. The Bertz CT molecular complexity index is 1080. The van der Waals surface area contributed by atoms with Crippen LogP contribution in [0.4, 0.5) is 0 Å². The molecule has 35 heavy (non-hydrogen) atoms. The summed E-state index contributed by atoms with van der Waals surface area (Å²) in [6.45, 7) is 10.7. The number of morpholine rings is 1. The summed E-state index contributed by atoms with van der Waals surface area (Å²) in [5, 5.41) is 5.82. The summed E-state index contributed by atoms with van der Waals surface area (Å²) < 4.78 is 10.6. The number of amidine groups is 1. The van der Waals surface area contributed by atoms with Gasteiger partial charge in [0, 0.05) is 31.9 Å². The van der Waals surface area contributed by atoms with E-state index in [1.807, 2.05) is 31.1 Å². The molecule has 3 aliphatic heterocycles. The molecule has 1 amide bonds. The lowest BCUT2D eigenvalue weighted by molar-refractivity contribution is -0.136. The van der Waals surface area contributed by atoms with Crippen molar-refractivity contribution in [1.82, 2.24) is 15.1 Å². The maximum Gasteiger partial charge on any atom is 0.338 e. The predicted octanol–water partition coefficient (Wildman–Crippen LogP) is 3.28. The van der Waals surface area contributed by atoms with Crippen molar-refractivity contribution < 1.29 is 19.1 Å². The zero-order valence-corrected chi connectivity index (χ0v) is 21.7. The number of methoxy groups -OCH3 is 1. The first-order valence-electron chi connectivity index (χ1n) is 12.1. The van der Waals surface area contributed by atoms with Crippen LogP contribution in [-0.2, 0) is 19.1 Å². The smallest absolute Gasteiger partial charge is 0.338 e. The summed E-state index contributed by atoms with van der Waals surface area (Å²) in [5.41, 5.74) is 5.30. The highest BCUT2D eigenvalue weighted by atomic mass is 32.2. The number of hydrogen-bond donors (Lipinski definition) is 1. The normalized spacial score (nSPS) is 20.3. The van der Waals surface area contributed by atoms with Gasteiger partial charge in [-0.15, -0.1) is 0 Å². The van der Waals surface area contributed by atoms with Crippen molar-refractivity contribution in [2.75, 3.05) is 46.5 Å². The van der Waals surface area contributed by atoms with Crippen LogP contribution in [0.5, 0.6) is 0 Å². The van der Waals surface area contributed by atoms with E-state index in [2.05, 4.69) is 28.4 Å². The van der Waals surface area contributed by atoms with E-state index in [0.29, 0.717) is 18.5 Å². The topological polar surface area (TPSA) is 83.5 Å². The number of thioether (sulfide) groups is 1. The molecule has 1 N–H and O–H groups in total. The third-order valence-electron chi connectivity index (χ3n) is 6.55. The molecular weight excluding hydrogens is 464 g/mol. The highest BCUT2D eigenvalue weighted by Gasteiger charge is 2.42. The summed E-state index contributed by atoms with van der Waals surface area (Å²) in [6, 6.07) is 5.85. The van der Waals surface area contributed by atoms with Crippen molar-refractivity contribution in [3.05, 3.63) is 57.3 Å². The number of aryl methyl sites for hydroxylation is 2. The number of allylic oxidation sites excluding steroid dienone is 1. The summed E-state index contributed by atoms with van der Waals surface area (Å²) in [5.74, 6) is -0.433. The highest BCUT2D eigenvalue weighted by molar-refractivity contribution is 8.16. The van der Waals surface area contributed by atoms with Gasteiger partial charge in [-0.2, -0.15) is 0 Å². The molecule has 0 bridgehead atoms. The van der Waals surface area contributed by atoms with Crippen molar-refractivity contribution in [2.24, 2.45) is 4.99 Å². The van der Waals surface area contributed by atoms with Gasteiger partial charge >= 0.3 is 5.97 Å². The predicted molar refractivity (Wildman–Crippen MR) is 138 cm³/mol. The van der Waals surface area contributed by atoms with E-state index in [9.17, 15) is 9.59 Å². The third kappa shape index (κ3) is 5.63. The third-order valence-corrected chi connectivity index (χ3v) is 7.44. The van der Waals surface area contributed by atoms with E-state index in [0.717, 1.165) is 66.1 Å². The molecule has 188 valence electrons. The minimum atomic E-state index is -0.396. The molecular formula is C26H34N4O4S. The molecule has 3 heterocycles. The number of aliphatic imine (C=N–C) groups is 1. The molecule has 3 aliphatic rings. The number of nitrogens with zero attached hydrogens (tertiary/aromatic N) is 3. The summed E-state index contributed by atoms with van der Waals surface area (Å²) in [4.78, 5) is 35.1. The number of ether oxygens (including phenoxy) is 2. The zero-order valence-electron chi connectivity index (χ0n) is 20.9. The maximum atomic E-state index is 13.0. The molecule has 8 nitrogen and oxygen atoms in total. The van der Waals surface area contributed by atoms with E-state index in [4.69, 9.17) is 14.5 Å². The Labute approximate surface area is 211 Å².